The molecule has 0 aliphatic carbocycles. The smallest absolute Gasteiger partial charge is 0.398 e. The van der Waals surface area contributed by atoms with Crippen molar-refractivity contribution in [2.75, 3.05) is 17.2 Å². The van der Waals surface area contributed by atoms with Crippen molar-refractivity contribution < 1.29 is 18.0 Å². The molecule has 0 unspecified atom stereocenters. The lowest BCUT2D eigenvalue weighted by molar-refractivity contribution is -0.140. The SMILES string of the molecule is Cc1c(C(=O)N2CCCc3c(N)cccc32)sc2nc(C(F)(F)F)ccc12.Cl. The molecule has 28 heavy (non-hydrogen) atoms. The summed E-state index contributed by atoms with van der Waals surface area (Å²) in [6.07, 6.45) is -2.93. The van der Waals surface area contributed by atoms with Gasteiger partial charge in [0.15, 0.2) is 0 Å². The van der Waals surface area contributed by atoms with Gasteiger partial charge in [0, 0.05) is 23.3 Å². The van der Waals surface area contributed by atoms with Crippen molar-refractivity contribution >= 4 is 51.2 Å². The van der Waals surface area contributed by atoms with Gasteiger partial charge in [-0.15, -0.1) is 23.7 Å². The summed E-state index contributed by atoms with van der Waals surface area (Å²) >= 11 is 1.00. The number of nitrogen functional groups attached to an aromatic ring is 1. The Labute approximate surface area is 169 Å². The quantitative estimate of drug-likeness (QED) is 0.541. The highest BCUT2D eigenvalue weighted by atomic mass is 35.5. The predicted molar refractivity (Wildman–Crippen MR) is 107 cm³/mol. The van der Waals surface area contributed by atoms with Crippen LogP contribution < -0.4 is 10.6 Å². The Morgan fingerprint density at radius 1 is 1.25 bits per heavy atom. The summed E-state index contributed by atoms with van der Waals surface area (Å²) in [4.78, 5) is 19.2. The molecule has 4 nitrogen and oxygen atoms in total. The first-order valence-corrected chi connectivity index (χ1v) is 9.25. The van der Waals surface area contributed by atoms with Crippen LogP contribution in [0.15, 0.2) is 30.3 Å². The molecule has 1 aliphatic heterocycles. The van der Waals surface area contributed by atoms with Gasteiger partial charge >= 0.3 is 6.18 Å². The number of carbonyl (C=O) groups excluding carboxylic acids is 1. The van der Waals surface area contributed by atoms with Crippen LogP contribution in [0.5, 0.6) is 0 Å². The lowest BCUT2D eigenvalue weighted by Gasteiger charge is -2.30. The number of aromatic nitrogens is 1. The highest BCUT2D eigenvalue weighted by Crippen LogP contribution is 2.37. The molecular weight excluding hydrogens is 411 g/mol. The number of thiophene rings is 1. The molecule has 0 saturated heterocycles. The Morgan fingerprint density at radius 2 is 2.00 bits per heavy atom. The van der Waals surface area contributed by atoms with Crippen LogP contribution in [0.2, 0.25) is 0 Å². The third-order valence-electron chi connectivity index (χ3n) is 4.82. The first-order valence-electron chi connectivity index (χ1n) is 8.44. The molecule has 3 heterocycles. The van der Waals surface area contributed by atoms with Crippen molar-refractivity contribution in [3.63, 3.8) is 0 Å². The van der Waals surface area contributed by atoms with Crippen molar-refractivity contribution in [3.8, 4) is 0 Å². The van der Waals surface area contributed by atoms with Gasteiger partial charge in [0.1, 0.15) is 10.5 Å². The molecule has 1 aromatic carbocycles. The average molecular weight is 428 g/mol. The third kappa shape index (κ3) is 3.31. The molecule has 2 N–H and O–H groups in total. The molecule has 9 heteroatoms. The van der Waals surface area contributed by atoms with Gasteiger partial charge < -0.3 is 10.6 Å². The maximum Gasteiger partial charge on any atom is 0.433 e. The summed E-state index contributed by atoms with van der Waals surface area (Å²) in [7, 11) is 0. The molecule has 0 spiro atoms. The standard InChI is InChI=1S/C19H16F3N3OS.ClH/c1-10-11-7-8-15(19(20,21)22)24-17(11)27-16(10)18(26)25-9-3-4-12-13(23)5-2-6-14(12)25;/h2,5-8H,3-4,9,23H2,1H3;1H. The average Bonchev–Trinajstić information content (AvgIpc) is 2.97. The zero-order valence-electron chi connectivity index (χ0n) is 14.8. The van der Waals surface area contributed by atoms with Gasteiger partial charge in [-0.2, -0.15) is 13.2 Å². The van der Waals surface area contributed by atoms with Gasteiger partial charge in [-0.25, -0.2) is 4.98 Å². The second-order valence-corrected chi connectivity index (χ2v) is 7.51. The Morgan fingerprint density at radius 3 is 2.71 bits per heavy atom. The number of hydrogen-bond donors (Lipinski definition) is 1. The van der Waals surface area contributed by atoms with E-state index in [1.165, 1.54) is 6.07 Å². The highest BCUT2D eigenvalue weighted by Gasteiger charge is 2.33. The number of anilines is 2. The number of benzene rings is 1. The summed E-state index contributed by atoms with van der Waals surface area (Å²) in [6, 6.07) is 7.79. The summed E-state index contributed by atoms with van der Waals surface area (Å²) in [5.41, 5.74) is 8.09. The number of hydrogen-bond acceptors (Lipinski definition) is 4. The molecule has 4 rings (SSSR count). The Balaban J connectivity index is 0.00000225. The number of amides is 1. The number of fused-ring (bicyclic) bond motifs is 2. The Bertz CT molecular complexity index is 1060. The van der Waals surface area contributed by atoms with Gasteiger partial charge in [0.25, 0.3) is 5.91 Å². The van der Waals surface area contributed by atoms with E-state index in [1.807, 2.05) is 6.07 Å². The number of carbonyl (C=O) groups is 1. The first kappa shape index (κ1) is 20.4. The van der Waals surface area contributed by atoms with E-state index in [1.54, 1.807) is 24.0 Å². The molecule has 0 bridgehead atoms. The zero-order valence-corrected chi connectivity index (χ0v) is 16.5. The fourth-order valence-electron chi connectivity index (χ4n) is 3.45. The molecule has 0 atom stereocenters. The van der Waals surface area contributed by atoms with Gasteiger partial charge in [-0.3, -0.25) is 4.79 Å². The van der Waals surface area contributed by atoms with Gasteiger partial charge in [0.05, 0.1) is 4.88 Å². The molecule has 0 saturated carbocycles. The predicted octanol–water partition coefficient (Wildman–Crippen LogP) is 5.22. The lowest BCUT2D eigenvalue weighted by atomic mass is 9.99. The highest BCUT2D eigenvalue weighted by molar-refractivity contribution is 7.20. The summed E-state index contributed by atoms with van der Waals surface area (Å²) in [5.74, 6) is -0.226. The Kier molecular flexibility index (Phi) is 5.29. The van der Waals surface area contributed by atoms with Gasteiger partial charge in [-0.1, -0.05) is 6.07 Å². The van der Waals surface area contributed by atoms with Crippen LogP contribution in [0.25, 0.3) is 10.2 Å². The van der Waals surface area contributed by atoms with Crippen LogP contribution in [0.4, 0.5) is 24.5 Å². The molecule has 1 amide bonds. The number of alkyl halides is 3. The topological polar surface area (TPSA) is 59.2 Å². The van der Waals surface area contributed by atoms with Gasteiger partial charge in [-0.05, 0) is 55.2 Å². The van der Waals surface area contributed by atoms with E-state index in [-0.39, 0.29) is 23.1 Å². The van der Waals surface area contributed by atoms with E-state index in [0.717, 1.165) is 41.5 Å². The minimum atomic E-state index is -4.51. The van der Waals surface area contributed by atoms with Crippen LogP contribution in [0.3, 0.4) is 0 Å². The first-order chi connectivity index (χ1) is 12.8. The molecule has 1 aliphatic rings. The maximum atomic E-state index is 13.2. The largest absolute Gasteiger partial charge is 0.433 e. The number of halogens is 4. The number of rotatable bonds is 1. The molecule has 0 radical (unpaired) electrons. The van der Waals surface area contributed by atoms with Crippen molar-refractivity contribution in [2.24, 2.45) is 0 Å². The monoisotopic (exact) mass is 427 g/mol. The lowest BCUT2D eigenvalue weighted by Crippen LogP contribution is -2.35. The van der Waals surface area contributed by atoms with E-state index in [9.17, 15) is 18.0 Å². The van der Waals surface area contributed by atoms with Crippen LogP contribution in [0, 0.1) is 6.92 Å². The molecular formula is C19H17ClF3N3OS. The summed E-state index contributed by atoms with van der Waals surface area (Å²) < 4.78 is 38.8. The zero-order chi connectivity index (χ0) is 19.3. The maximum absolute atomic E-state index is 13.2. The van der Waals surface area contributed by atoms with Gasteiger partial charge in [0.2, 0.25) is 0 Å². The second-order valence-electron chi connectivity index (χ2n) is 6.51. The number of aryl methyl sites for hydroxylation is 1. The van der Waals surface area contributed by atoms with E-state index in [4.69, 9.17) is 5.73 Å². The van der Waals surface area contributed by atoms with E-state index < -0.39 is 11.9 Å². The van der Waals surface area contributed by atoms with E-state index in [2.05, 4.69) is 4.98 Å². The van der Waals surface area contributed by atoms with Crippen molar-refractivity contribution in [3.05, 3.63) is 52.0 Å². The van der Waals surface area contributed by atoms with Crippen LogP contribution >= 0.6 is 23.7 Å². The van der Waals surface area contributed by atoms with Crippen molar-refractivity contribution in [2.45, 2.75) is 25.9 Å². The van der Waals surface area contributed by atoms with Crippen molar-refractivity contribution in [1.82, 2.24) is 4.98 Å². The molecule has 148 valence electrons. The number of nitrogens with zero attached hydrogens (tertiary/aromatic N) is 2. The molecule has 0 fully saturated rings. The van der Waals surface area contributed by atoms with Crippen molar-refractivity contribution in [1.29, 1.82) is 0 Å². The fourth-order valence-corrected chi connectivity index (χ4v) is 4.58. The normalized spacial score (nSPS) is 13.9. The van der Waals surface area contributed by atoms with Crippen LogP contribution in [-0.2, 0) is 12.6 Å². The Hall–Kier alpha value is -2.32. The molecule has 3 aromatic rings. The summed E-state index contributed by atoms with van der Waals surface area (Å²) in [6.45, 7) is 2.29. The molecule has 2 aromatic heterocycles. The minimum Gasteiger partial charge on any atom is -0.398 e. The fraction of sp³-hybridized carbons (Fsp3) is 0.263. The third-order valence-corrected chi connectivity index (χ3v) is 6.01. The number of nitrogens with two attached hydrogens (primary N) is 1. The second kappa shape index (κ2) is 7.25. The van der Waals surface area contributed by atoms with Crippen LogP contribution in [-0.4, -0.2) is 17.4 Å². The number of pyridine rings is 1. The van der Waals surface area contributed by atoms with Crippen LogP contribution in [0.1, 0.15) is 32.9 Å². The summed E-state index contributed by atoms with van der Waals surface area (Å²) in [5, 5.41) is 0.571. The minimum absolute atomic E-state index is 0. The van der Waals surface area contributed by atoms with E-state index in [0.29, 0.717) is 28.1 Å². The van der Waals surface area contributed by atoms with E-state index >= 15 is 0 Å².